The minimum absolute atomic E-state index is 0.164. The summed E-state index contributed by atoms with van der Waals surface area (Å²) >= 11 is 1.60. The van der Waals surface area contributed by atoms with Crippen LogP contribution < -0.4 is 5.73 Å². The van der Waals surface area contributed by atoms with Gasteiger partial charge in [-0.2, -0.15) is 0 Å². The number of aromatic nitrogens is 1. The molecule has 24 heavy (non-hydrogen) atoms. The van der Waals surface area contributed by atoms with Crippen LogP contribution >= 0.6 is 11.3 Å². The monoisotopic (exact) mass is 343 g/mol. The van der Waals surface area contributed by atoms with Gasteiger partial charge in [-0.05, 0) is 37.8 Å². The minimum atomic E-state index is 0.164. The van der Waals surface area contributed by atoms with Crippen LogP contribution in [0.5, 0.6) is 0 Å². The van der Waals surface area contributed by atoms with E-state index in [2.05, 4.69) is 43.1 Å². The number of carbonyl (C=O) groups is 1. The fourth-order valence-electron chi connectivity index (χ4n) is 3.32. The highest BCUT2D eigenvalue weighted by molar-refractivity contribution is 7.13. The maximum atomic E-state index is 12.6. The molecule has 3 rings (SSSR count). The number of nitrogens with zero attached hydrogens (tertiary/aromatic N) is 2. The van der Waals surface area contributed by atoms with E-state index >= 15 is 0 Å². The first-order valence-electron chi connectivity index (χ1n) is 8.64. The van der Waals surface area contributed by atoms with Crippen molar-refractivity contribution in [1.82, 2.24) is 9.88 Å². The molecule has 0 saturated carbocycles. The quantitative estimate of drug-likeness (QED) is 0.907. The fourth-order valence-corrected chi connectivity index (χ4v) is 4.15. The zero-order chi connectivity index (χ0) is 17.1. The molecule has 2 atom stereocenters. The highest BCUT2D eigenvalue weighted by Gasteiger charge is 2.31. The number of hydrogen-bond acceptors (Lipinski definition) is 4. The van der Waals surface area contributed by atoms with E-state index in [-0.39, 0.29) is 11.9 Å². The molecule has 1 aliphatic rings. The van der Waals surface area contributed by atoms with E-state index in [1.54, 1.807) is 11.3 Å². The van der Waals surface area contributed by atoms with E-state index in [9.17, 15) is 4.79 Å². The zero-order valence-electron chi connectivity index (χ0n) is 14.4. The van der Waals surface area contributed by atoms with E-state index in [0.29, 0.717) is 18.9 Å². The van der Waals surface area contributed by atoms with Gasteiger partial charge in [-0.3, -0.25) is 4.79 Å². The van der Waals surface area contributed by atoms with Crippen LogP contribution in [0.15, 0.2) is 29.6 Å². The van der Waals surface area contributed by atoms with E-state index in [0.717, 1.165) is 35.7 Å². The molecule has 0 radical (unpaired) electrons. The molecule has 1 aliphatic heterocycles. The van der Waals surface area contributed by atoms with E-state index in [1.807, 2.05) is 10.3 Å². The van der Waals surface area contributed by atoms with E-state index < -0.39 is 0 Å². The van der Waals surface area contributed by atoms with Crippen LogP contribution in [-0.4, -0.2) is 34.9 Å². The predicted molar refractivity (Wildman–Crippen MR) is 99.0 cm³/mol. The van der Waals surface area contributed by atoms with Gasteiger partial charge in [-0.25, -0.2) is 4.98 Å². The van der Waals surface area contributed by atoms with E-state index in [1.165, 1.54) is 5.56 Å². The number of hydrogen-bond donors (Lipinski definition) is 1. The molecule has 1 aromatic heterocycles. The van der Waals surface area contributed by atoms with Crippen molar-refractivity contribution in [2.24, 2.45) is 11.7 Å². The van der Waals surface area contributed by atoms with Gasteiger partial charge in [0.05, 0.1) is 12.1 Å². The average Bonchev–Trinajstić information content (AvgIpc) is 3.21. The molecule has 4 nitrogen and oxygen atoms in total. The van der Waals surface area contributed by atoms with E-state index in [4.69, 9.17) is 5.73 Å². The summed E-state index contributed by atoms with van der Waals surface area (Å²) in [6, 6.07) is 8.78. The summed E-state index contributed by atoms with van der Waals surface area (Å²) in [5.41, 5.74) is 9.06. The average molecular weight is 343 g/mol. The lowest BCUT2D eigenvalue weighted by Crippen LogP contribution is -2.35. The van der Waals surface area contributed by atoms with Gasteiger partial charge in [0.15, 0.2) is 0 Å². The number of amides is 1. The summed E-state index contributed by atoms with van der Waals surface area (Å²) in [5, 5.41) is 2.98. The van der Waals surface area contributed by atoms with Crippen molar-refractivity contribution in [2.45, 2.75) is 39.2 Å². The number of nitrogens with two attached hydrogens (primary N) is 1. The highest BCUT2D eigenvalue weighted by atomic mass is 32.1. The molecule has 1 aromatic carbocycles. The standard InChI is InChI=1S/C19H25N3OS/c1-3-14-4-6-16(7-5-14)19-21-17(12-24-19)9-18(23)22-11-15(10-20)8-13(22)2/h4-7,12-13,15H,3,8-11,20H2,1-2H3. The van der Waals surface area contributed by atoms with Gasteiger partial charge in [-0.15, -0.1) is 11.3 Å². The highest BCUT2D eigenvalue weighted by Crippen LogP contribution is 2.26. The Morgan fingerprint density at radius 3 is 2.75 bits per heavy atom. The van der Waals surface area contributed by atoms with Crippen LogP contribution in [-0.2, 0) is 17.6 Å². The molecular weight excluding hydrogens is 318 g/mol. The molecule has 2 aromatic rings. The van der Waals surface area contributed by atoms with Gasteiger partial charge in [0, 0.05) is 23.5 Å². The van der Waals surface area contributed by atoms with Crippen LogP contribution in [0, 0.1) is 5.92 Å². The smallest absolute Gasteiger partial charge is 0.228 e. The predicted octanol–water partition coefficient (Wildman–Crippen LogP) is 3.11. The number of benzene rings is 1. The first kappa shape index (κ1) is 17.1. The largest absolute Gasteiger partial charge is 0.339 e. The van der Waals surface area contributed by atoms with Gasteiger partial charge < -0.3 is 10.6 Å². The molecule has 1 amide bonds. The lowest BCUT2D eigenvalue weighted by molar-refractivity contribution is -0.131. The Labute approximate surface area is 147 Å². The third-order valence-corrected chi connectivity index (χ3v) is 5.75. The molecular formula is C19H25N3OS. The van der Waals surface area contributed by atoms with Crippen molar-refractivity contribution in [3.63, 3.8) is 0 Å². The number of aryl methyl sites for hydroxylation is 1. The van der Waals surface area contributed by atoms with Gasteiger partial charge in [-0.1, -0.05) is 31.2 Å². The van der Waals surface area contributed by atoms with Gasteiger partial charge >= 0.3 is 0 Å². The lowest BCUT2D eigenvalue weighted by atomic mass is 10.1. The first-order chi connectivity index (χ1) is 11.6. The Kier molecular flexibility index (Phi) is 5.31. The van der Waals surface area contributed by atoms with Gasteiger partial charge in [0.25, 0.3) is 0 Å². The Balaban J connectivity index is 1.66. The molecule has 1 saturated heterocycles. The van der Waals surface area contributed by atoms with Crippen LogP contribution in [0.3, 0.4) is 0 Å². The van der Waals surface area contributed by atoms with Crippen molar-refractivity contribution < 1.29 is 4.79 Å². The van der Waals surface area contributed by atoms with Gasteiger partial charge in [0.2, 0.25) is 5.91 Å². The maximum absolute atomic E-state index is 12.6. The van der Waals surface area contributed by atoms with Crippen LogP contribution in [0.25, 0.3) is 10.6 Å². The molecule has 1 fully saturated rings. The second kappa shape index (κ2) is 7.45. The van der Waals surface area contributed by atoms with Crippen molar-refractivity contribution in [2.75, 3.05) is 13.1 Å². The van der Waals surface area contributed by atoms with Crippen LogP contribution in [0.2, 0.25) is 0 Å². The van der Waals surface area contributed by atoms with Crippen LogP contribution in [0.1, 0.15) is 31.5 Å². The molecule has 2 unspecified atom stereocenters. The van der Waals surface area contributed by atoms with Crippen molar-refractivity contribution in [3.8, 4) is 10.6 Å². The van der Waals surface area contributed by atoms with Crippen molar-refractivity contribution in [3.05, 3.63) is 40.9 Å². The summed E-state index contributed by atoms with van der Waals surface area (Å²) < 4.78 is 0. The number of thiazole rings is 1. The fraction of sp³-hybridized carbons (Fsp3) is 0.474. The second-order valence-corrected chi connectivity index (χ2v) is 7.46. The van der Waals surface area contributed by atoms with Crippen LogP contribution in [0.4, 0.5) is 0 Å². The Morgan fingerprint density at radius 1 is 1.38 bits per heavy atom. The molecule has 2 heterocycles. The number of likely N-dealkylation sites (tertiary alicyclic amines) is 1. The molecule has 5 heteroatoms. The Morgan fingerprint density at radius 2 is 2.12 bits per heavy atom. The first-order valence-corrected chi connectivity index (χ1v) is 9.52. The molecule has 128 valence electrons. The SMILES string of the molecule is CCc1ccc(-c2nc(CC(=O)N3CC(CN)CC3C)cs2)cc1. The molecule has 0 bridgehead atoms. The third-order valence-electron chi connectivity index (χ3n) is 4.81. The van der Waals surface area contributed by atoms with Gasteiger partial charge in [0.1, 0.15) is 5.01 Å². The molecule has 0 spiro atoms. The zero-order valence-corrected chi connectivity index (χ0v) is 15.2. The lowest BCUT2D eigenvalue weighted by Gasteiger charge is -2.21. The summed E-state index contributed by atoms with van der Waals surface area (Å²) in [6.45, 7) is 5.70. The maximum Gasteiger partial charge on any atom is 0.228 e. The second-order valence-electron chi connectivity index (χ2n) is 6.60. The normalized spacial score (nSPS) is 20.5. The third kappa shape index (κ3) is 3.68. The summed E-state index contributed by atoms with van der Waals surface area (Å²) in [5.74, 6) is 0.601. The topological polar surface area (TPSA) is 59.2 Å². The molecule has 2 N–H and O–H groups in total. The van der Waals surface area contributed by atoms with Crippen molar-refractivity contribution in [1.29, 1.82) is 0 Å². The number of rotatable bonds is 5. The Hall–Kier alpha value is -1.72. The Bertz CT molecular complexity index is 695. The molecule has 0 aliphatic carbocycles. The summed E-state index contributed by atoms with van der Waals surface area (Å²) in [6.07, 6.45) is 2.43. The summed E-state index contributed by atoms with van der Waals surface area (Å²) in [4.78, 5) is 19.2. The minimum Gasteiger partial charge on any atom is -0.339 e. The van der Waals surface area contributed by atoms with Crippen molar-refractivity contribution >= 4 is 17.2 Å². The number of carbonyl (C=O) groups excluding carboxylic acids is 1. The summed E-state index contributed by atoms with van der Waals surface area (Å²) in [7, 11) is 0.